The second kappa shape index (κ2) is 10.3. The minimum Gasteiger partial charge on any atom is -0.372 e. The van der Waals surface area contributed by atoms with E-state index in [1.807, 2.05) is 25.1 Å². The highest BCUT2D eigenvalue weighted by Crippen LogP contribution is 2.16. The van der Waals surface area contributed by atoms with Crippen LogP contribution in [-0.4, -0.2) is 19.0 Å². The minimum absolute atomic E-state index is 0. The van der Waals surface area contributed by atoms with Gasteiger partial charge in [0.2, 0.25) is 5.91 Å². The summed E-state index contributed by atoms with van der Waals surface area (Å²) in [6, 6.07) is 18.4. The van der Waals surface area contributed by atoms with Crippen LogP contribution in [0.4, 0.5) is 0 Å². The quantitative estimate of drug-likeness (QED) is 0.745. The molecule has 0 aliphatic carbocycles. The Morgan fingerprint density at radius 2 is 1.62 bits per heavy atom. The van der Waals surface area contributed by atoms with Crippen LogP contribution in [0.25, 0.3) is 0 Å². The molecule has 2 N–H and O–H groups in total. The lowest BCUT2D eigenvalue weighted by Gasteiger charge is -2.31. The number of rotatable bonds is 8. The molecule has 1 aliphatic rings. The highest BCUT2D eigenvalue weighted by Gasteiger charge is 2.28. The van der Waals surface area contributed by atoms with E-state index in [0.29, 0.717) is 25.7 Å². The third-order valence-electron chi connectivity index (χ3n) is 4.80. The molecular weight excluding hydrogens is 348 g/mol. The van der Waals surface area contributed by atoms with Crippen LogP contribution in [0.15, 0.2) is 54.6 Å². The molecule has 2 aromatic rings. The van der Waals surface area contributed by atoms with E-state index in [2.05, 4.69) is 47.0 Å². The maximum atomic E-state index is 12.1. The summed E-state index contributed by atoms with van der Waals surface area (Å²) in [4.78, 5) is 12.1. The Kier molecular flexibility index (Phi) is 8.10. The molecule has 4 nitrogen and oxygen atoms in total. The molecular formula is C21H27ClN2O2. The number of carbonyl (C=O) groups excluding carboxylic acids is 1. The summed E-state index contributed by atoms with van der Waals surface area (Å²) in [6.07, 6.45) is 0. The smallest absolute Gasteiger partial charge is 0.223 e. The molecule has 1 atom stereocenters. The average Bonchev–Trinajstić information content (AvgIpc) is 2.60. The zero-order chi connectivity index (χ0) is 17.5. The summed E-state index contributed by atoms with van der Waals surface area (Å²) < 4.78 is 5.74. The van der Waals surface area contributed by atoms with E-state index in [4.69, 9.17) is 4.74 Å². The fourth-order valence-corrected chi connectivity index (χ4v) is 2.84. The van der Waals surface area contributed by atoms with E-state index < -0.39 is 0 Å². The molecule has 0 radical (unpaired) electrons. The number of ether oxygens (including phenoxy) is 1. The normalized spacial score (nSPS) is 14.8. The van der Waals surface area contributed by atoms with Gasteiger partial charge in [0, 0.05) is 12.5 Å². The molecule has 1 fully saturated rings. The van der Waals surface area contributed by atoms with Crippen LogP contribution in [0.1, 0.15) is 23.6 Å². The summed E-state index contributed by atoms with van der Waals surface area (Å²) >= 11 is 0. The number of hydrogen-bond donors (Lipinski definition) is 2. The molecule has 3 rings (SSSR count). The summed E-state index contributed by atoms with van der Waals surface area (Å²) in [6.45, 7) is 5.70. The monoisotopic (exact) mass is 374 g/mol. The zero-order valence-corrected chi connectivity index (χ0v) is 15.9. The van der Waals surface area contributed by atoms with Gasteiger partial charge in [0.15, 0.2) is 0 Å². The second-order valence-corrected chi connectivity index (χ2v) is 6.72. The van der Waals surface area contributed by atoms with E-state index in [0.717, 1.165) is 24.2 Å². The van der Waals surface area contributed by atoms with Crippen LogP contribution in [0.2, 0.25) is 0 Å². The van der Waals surface area contributed by atoms with Crippen molar-refractivity contribution >= 4 is 18.3 Å². The maximum Gasteiger partial charge on any atom is 0.223 e. The van der Waals surface area contributed by atoms with Crippen molar-refractivity contribution in [2.75, 3.05) is 13.1 Å². The number of nitrogens with one attached hydrogen (secondary N) is 2. The van der Waals surface area contributed by atoms with E-state index in [9.17, 15) is 4.79 Å². The Morgan fingerprint density at radius 3 is 2.19 bits per heavy atom. The summed E-state index contributed by atoms with van der Waals surface area (Å²) in [5.41, 5.74) is 3.43. The van der Waals surface area contributed by atoms with Crippen molar-refractivity contribution in [2.45, 2.75) is 26.7 Å². The third kappa shape index (κ3) is 5.84. The molecule has 1 amide bonds. The third-order valence-corrected chi connectivity index (χ3v) is 4.80. The number of benzene rings is 2. The first-order chi connectivity index (χ1) is 12.2. The highest BCUT2D eigenvalue weighted by molar-refractivity contribution is 5.85. The Morgan fingerprint density at radius 1 is 1.04 bits per heavy atom. The molecule has 0 spiro atoms. The molecule has 2 aromatic carbocycles. The van der Waals surface area contributed by atoms with Crippen LogP contribution in [0, 0.1) is 11.8 Å². The molecule has 1 saturated heterocycles. The van der Waals surface area contributed by atoms with E-state index >= 15 is 0 Å². The predicted octanol–water partition coefficient (Wildman–Crippen LogP) is 3.30. The summed E-state index contributed by atoms with van der Waals surface area (Å²) in [5, 5.41) is 6.25. The number of carbonyl (C=O) groups is 1. The van der Waals surface area contributed by atoms with Crippen LogP contribution in [0.5, 0.6) is 0 Å². The van der Waals surface area contributed by atoms with Gasteiger partial charge < -0.3 is 15.4 Å². The standard InChI is InChI=1S/C21H26N2O2.ClH/c1-16(20-12-22-13-20)21(24)23-11-17-7-9-19(10-8-17)15-25-14-18-5-3-2-4-6-18;/h2-10,16,20,22H,11-15H2,1H3,(H,23,24);1H. The zero-order valence-electron chi connectivity index (χ0n) is 15.1. The van der Waals surface area contributed by atoms with Crippen molar-refractivity contribution in [1.29, 1.82) is 0 Å². The van der Waals surface area contributed by atoms with Crippen LogP contribution in [0.3, 0.4) is 0 Å². The SMILES string of the molecule is CC(C(=O)NCc1ccc(COCc2ccccc2)cc1)C1CNC1.Cl. The van der Waals surface area contributed by atoms with E-state index in [1.54, 1.807) is 0 Å². The first kappa shape index (κ1) is 20.4. The molecule has 0 saturated carbocycles. The van der Waals surface area contributed by atoms with Gasteiger partial charge in [0.25, 0.3) is 0 Å². The molecule has 140 valence electrons. The van der Waals surface area contributed by atoms with Crippen LogP contribution in [-0.2, 0) is 29.3 Å². The van der Waals surface area contributed by atoms with Crippen molar-refractivity contribution in [2.24, 2.45) is 11.8 Å². The lowest BCUT2D eigenvalue weighted by atomic mass is 9.88. The second-order valence-electron chi connectivity index (χ2n) is 6.72. The molecule has 0 aromatic heterocycles. The molecule has 1 unspecified atom stereocenters. The fourth-order valence-electron chi connectivity index (χ4n) is 2.84. The van der Waals surface area contributed by atoms with Crippen molar-refractivity contribution < 1.29 is 9.53 Å². The van der Waals surface area contributed by atoms with Crippen LogP contribution < -0.4 is 10.6 Å². The van der Waals surface area contributed by atoms with Gasteiger partial charge in [-0.1, -0.05) is 61.5 Å². The molecule has 1 aliphatic heterocycles. The fraction of sp³-hybridized carbons (Fsp3) is 0.381. The van der Waals surface area contributed by atoms with Crippen LogP contribution >= 0.6 is 12.4 Å². The van der Waals surface area contributed by atoms with Crippen molar-refractivity contribution in [3.05, 3.63) is 71.3 Å². The highest BCUT2D eigenvalue weighted by atomic mass is 35.5. The van der Waals surface area contributed by atoms with E-state index in [-0.39, 0.29) is 24.2 Å². The van der Waals surface area contributed by atoms with Gasteiger partial charge in [-0.3, -0.25) is 4.79 Å². The number of halogens is 1. The predicted molar refractivity (Wildman–Crippen MR) is 106 cm³/mol. The first-order valence-corrected chi connectivity index (χ1v) is 8.90. The van der Waals surface area contributed by atoms with Gasteiger partial charge in [-0.05, 0) is 35.7 Å². The van der Waals surface area contributed by atoms with E-state index in [1.165, 1.54) is 5.56 Å². The first-order valence-electron chi connectivity index (χ1n) is 8.90. The number of hydrogen-bond acceptors (Lipinski definition) is 3. The van der Waals surface area contributed by atoms with Crippen molar-refractivity contribution in [3.63, 3.8) is 0 Å². The molecule has 5 heteroatoms. The van der Waals surface area contributed by atoms with Crippen molar-refractivity contribution in [3.8, 4) is 0 Å². The average molecular weight is 375 g/mol. The minimum atomic E-state index is 0. The Hall–Kier alpha value is -1.88. The van der Waals surface area contributed by atoms with Gasteiger partial charge in [-0.2, -0.15) is 0 Å². The van der Waals surface area contributed by atoms with Gasteiger partial charge >= 0.3 is 0 Å². The summed E-state index contributed by atoms with van der Waals surface area (Å²) in [7, 11) is 0. The Bertz CT molecular complexity index is 672. The van der Waals surface area contributed by atoms with Gasteiger partial charge in [-0.25, -0.2) is 0 Å². The molecule has 0 bridgehead atoms. The van der Waals surface area contributed by atoms with Gasteiger partial charge in [0.1, 0.15) is 0 Å². The molecule has 1 heterocycles. The Balaban J connectivity index is 0.00000243. The van der Waals surface area contributed by atoms with Gasteiger partial charge in [0.05, 0.1) is 13.2 Å². The molecule has 26 heavy (non-hydrogen) atoms. The summed E-state index contributed by atoms with van der Waals surface area (Å²) in [5.74, 6) is 0.692. The topological polar surface area (TPSA) is 50.4 Å². The largest absolute Gasteiger partial charge is 0.372 e. The Labute approximate surface area is 161 Å². The lowest BCUT2D eigenvalue weighted by molar-refractivity contribution is -0.126. The lowest BCUT2D eigenvalue weighted by Crippen LogP contribution is -2.49. The van der Waals surface area contributed by atoms with Gasteiger partial charge in [-0.15, -0.1) is 12.4 Å². The van der Waals surface area contributed by atoms with Crippen molar-refractivity contribution in [1.82, 2.24) is 10.6 Å². The maximum absolute atomic E-state index is 12.1. The number of amides is 1.